The van der Waals surface area contributed by atoms with Crippen LogP contribution in [-0.4, -0.2) is 25.2 Å². The lowest BCUT2D eigenvalue weighted by atomic mass is 9.82. The van der Waals surface area contributed by atoms with Crippen molar-refractivity contribution >= 4 is 11.9 Å². The van der Waals surface area contributed by atoms with Crippen molar-refractivity contribution in [3.05, 3.63) is 0 Å². The van der Waals surface area contributed by atoms with E-state index in [2.05, 4.69) is 13.8 Å². The molecule has 4 nitrogen and oxygen atoms in total. The summed E-state index contributed by atoms with van der Waals surface area (Å²) < 4.78 is 10.6. The number of rotatable bonds is 9. The summed E-state index contributed by atoms with van der Waals surface area (Å²) in [6.07, 6.45) is 8.13. The standard InChI is InChI=1S/C17H30O4/c1-3-5-7-13-21-17(19)15-10-8-14(9-11-15)16(18)20-12-6-4-2/h14-15H,3-13H2,1-2H3. The van der Waals surface area contributed by atoms with Gasteiger partial charge in [0.15, 0.2) is 0 Å². The fraction of sp³-hybridized carbons (Fsp3) is 0.882. The average molecular weight is 298 g/mol. The Morgan fingerprint density at radius 2 is 1.19 bits per heavy atom. The smallest absolute Gasteiger partial charge is 0.308 e. The van der Waals surface area contributed by atoms with Crippen LogP contribution in [0.15, 0.2) is 0 Å². The van der Waals surface area contributed by atoms with Gasteiger partial charge in [-0.3, -0.25) is 9.59 Å². The van der Waals surface area contributed by atoms with Crippen LogP contribution in [0.2, 0.25) is 0 Å². The van der Waals surface area contributed by atoms with Crippen LogP contribution in [0.5, 0.6) is 0 Å². The van der Waals surface area contributed by atoms with Crippen molar-refractivity contribution in [3.8, 4) is 0 Å². The van der Waals surface area contributed by atoms with Crippen LogP contribution < -0.4 is 0 Å². The van der Waals surface area contributed by atoms with E-state index in [1.807, 2.05) is 0 Å². The van der Waals surface area contributed by atoms with Gasteiger partial charge >= 0.3 is 11.9 Å². The molecular weight excluding hydrogens is 268 g/mol. The maximum Gasteiger partial charge on any atom is 0.308 e. The van der Waals surface area contributed by atoms with Crippen molar-refractivity contribution in [2.24, 2.45) is 11.8 Å². The Kier molecular flexibility index (Phi) is 9.11. The van der Waals surface area contributed by atoms with Crippen molar-refractivity contribution in [2.45, 2.75) is 71.6 Å². The van der Waals surface area contributed by atoms with E-state index in [9.17, 15) is 9.59 Å². The first-order valence-corrected chi connectivity index (χ1v) is 8.52. The van der Waals surface area contributed by atoms with Gasteiger partial charge in [-0.05, 0) is 38.5 Å². The lowest BCUT2D eigenvalue weighted by Crippen LogP contribution is -2.28. The van der Waals surface area contributed by atoms with Gasteiger partial charge in [0.1, 0.15) is 0 Å². The summed E-state index contributed by atoms with van der Waals surface area (Å²) in [7, 11) is 0. The van der Waals surface area contributed by atoms with Crippen LogP contribution in [0.3, 0.4) is 0 Å². The van der Waals surface area contributed by atoms with Gasteiger partial charge in [-0.15, -0.1) is 0 Å². The van der Waals surface area contributed by atoms with Crippen molar-refractivity contribution in [1.29, 1.82) is 0 Å². The van der Waals surface area contributed by atoms with Crippen molar-refractivity contribution < 1.29 is 19.1 Å². The second-order valence-electron chi connectivity index (χ2n) is 5.94. The first kappa shape index (κ1) is 18.0. The van der Waals surface area contributed by atoms with E-state index in [0.717, 1.165) is 57.8 Å². The minimum Gasteiger partial charge on any atom is -0.465 e. The summed E-state index contributed by atoms with van der Waals surface area (Å²) in [5.74, 6) is -0.209. The summed E-state index contributed by atoms with van der Waals surface area (Å²) in [4.78, 5) is 23.8. The maximum absolute atomic E-state index is 11.9. The van der Waals surface area contributed by atoms with Gasteiger partial charge in [-0.25, -0.2) is 0 Å². The Bertz CT molecular complexity index is 306. The molecule has 0 aromatic carbocycles. The third-order valence-electron chi connectivity index (χ3n) is 4.13. The van der Waals surface area contributed by atoms with Gasteiger partial charge in [0.05, 0.1) is 25.0 Å². The number of carbonyl (C=O) groups excluding carboxylic acids is 2. The molecule has 0 N–H and O–H groups in total. The zero-order chi connectivity index (χ0) is 15.5. The highest BCUT2D eigenvalue weighted by atomic mass is 16.5. The number of esters is 2. The predicted octanol–water partition coefficient (Wildman–Crippen LogP) is 3.87. The molecule has 1 saturated carbocycles. The van der Waals surface area contributed by atoms with Crippen LogP contribution in [-0.2, 0) is 19.1 Å². The van der Waals surface area contributed by atoms with Crippen molar-refractivity contribution in [3.63, 3.8) is 0 Å². The second kappa shape index (κ2) is 10.6. The molecule has 4 heteroatoms. The van der Waals surface area contributed by atoms with Gasteiger partial charge in [0.2, 0.25) is 0 Å². The molecule has 1 rings (SSSR count). The highest BCUT2D eigenvalue weighted by Crippen LogP contribution is 2.30. The molecule has 0 heterocycles. The predicted molar refractivity (Wildman–Crippen MR) is 81.8 cm³/mol. The van der Waals surface area contributed by atoms with Crippen LogP contribution >= 0.6 is 0 Å². The Morgan fingerprint density at radius 1 is 0.762 bits per heavy atom. The number of ether oxygens (including phenoxy) is 2. The molecule has 0 atom stereocenters. The maximum atomic E-state index is 11.9. The summed E-state index contributed by atoms with van der Waals surface area (Å²) in [5, 5.41) is 0. The molecule has 0 aromatic heterocycles. The van der Waals surface area contributed by atoms with E-state index in [0.29, 0.717) is 13.2 Å². The van der Waals surface area contributed by atoms with Crippen LogP contribution in [0.25, 0.3) is 0 Å². The Labute approximate surface area is 128 Å². The molecule has 122 valence electrons. The summed E-state index contributed by atoms with van der Waals surface area (Å²) >= 11 is 0. The highest BCUT2D eigenvalue weighted by molar-refractivity contribution is 5.75. The topological polar surface area (TPSA) is 52.6 Å². The fourth-order valence-electron chi connectivity index (χ4n) is 2.64. The van der Waals surface area contributed by atoms with E-state index < -0.39 is 0 Å². The Morgan fingerprint density at radius 3 is 1.62 bits per heavy atom. The first-order valence-electron chi connectivity index (χ1n) is 8.52. The van der Waals surface area contributed by atoms with Gasteiger partial charge in [-0.2, -0.15) is 0 Å². The Hall–Kier alpha value is -1.06. The van der Waals surface area contributed by atoms with Crippen LogP contribution in [0.4, 0.5) is 0 Å². The molecule has 0 aromatic rings. The van der Waals surface area contributed by atoms with E-state index in [4.69, 9.17) is 9.47 Å². The van der Waals surface area contributed by atoms with E-state index in [1.165, 1.54) is 0 Å². The van der Waals surface area contributed by atoms with Crippen molar-refractivity contribution in [1.82, 2.24) is 0 Å². The highest BCUT2D eigenvalue weighted by Gasteiger charge is 2.31. The summed E-state index contributed by atoms with van der Waals surface area (Å²) in [6, 6.07) is 0. The average Bonchev–Trinajstić information content (AvgIpc) is 2.51. The van der Waals surface area contributed by atoms with Gasteiger partial charge in [-0.1, -0.05) is 33.1 Å². The SMILES string of the molecule is CCCCCOC(=O)C1CCC(C(=O)OCCCC)CC1. The van der Waals surface area contributed by atoms with Crippen LogP contribution in [0.1, 0.15) is 71.6 Å². The van der Waals surface area contributed by atoms with Gasteiger partial charge in [0.25, 0.3) is 0 Å². The lowest BCUT2D eigenvalue weighted by molar-refractivity contribution is -0.155. The van der Waals surface area contributed by atoms with Gasteiger partial charge < -0.3 is 9.47 Å². The first-order chi connectivity index (χ1) is 10.2. The fourth-order valence-corrected chi connectivity index (χ4v) is 2.64. The third-order valence-corrected chi connectivity index (χ3v) is 4.13. The molecule has 0 bridgehead atoms. The molecule has 21 heavy (non-hydrogen) atoms. The third kappa shape index (κ3) is 6.96. The molecule has 1 aliphatic rings. The van der Waals surface area contributed by atoms with Gasteiger partial charge in [0, 0.05) is 0 Å². The molecule has 0 radical (unpaired) electrons. The number of unbranched alkanes of at least 4 members (excludes halogenated alkanes) is 3. The second-order valence-corrected chi connectivity index (χ2v) is 5.94. The molecule has 0 aliphatic heterocycles. The molecule has 0 spiro atoms. The molecule has 1 aliphatic carbocycles. The molecular formula is C17H30O4. The molecule has 1 fully saturated rings. The summed E-state index contributed by atoms with van der Waals surface area (Å²) in [5.41, 5.74) is 0. The number of hydrogen-bond acceptors (Lipinski definition) is 4. The zero-order valence-electron chi connectivity index (χ0n) is 13.6. The molecule has 0 saturated heterocycles. The Balaban J connectivity index is 2.18. The minimum atomic E-state index is -0.0850. The largest absolute Gasteiger partial charge is 0.465 e. The monoisotopic (exact) mass is 298 g/mol. The van der Waals surface area contributed by atoms with E-state index >= 15 is 0 Å². The quantitative estimate of drug-likeness (QED) is 0.479. The number of hydrogen-bond donors (Lipinski definition) is 0. The van der Waals surface area contributed by atoms with Crippen LogP contribution in [0, 0.1) is 11.8 Å². The number of carbonyl (C=O) groups is 2. The molecule has 0 amide bonds. The van der Waals surface area contributed by atoms with E-state index in [1.54, 1.807) is 0 Å². The summed E-state index contributed by atoms with van der Waals surface area (Å²) in [6.45, 7) is 5.26. The van der Waals surface area contributed by atoms with E-state index in [-0.39, 0.29) is 23.8 Å². The normalized spacial score (nSPS) is 21.8. The molecule has 0 unspecified atom stereocenters. The lowest BCUT2D eigenvalue weighted by Gasteiger charge is -2.25. The van der Waals surface area contributed by atoms with Crippen molar-refractivity contribution in [2.75, 3.05) is 13.2 Å². The zero-order valence-corrected chi connectivity index (χ0v) is 13.6. The minimum absolute atomic E-state index is 0.0219.